The second kappa shape index (κ2) is 11.0. The Balaban J connectivity index is 1.40. The first-order chi connectivity index (χ1) is 21.3. The molecule has 45 heavy (non-hydrogen) atoms. The molecule has 3 saturated carbocycles. The molecule has 2 aromatic rings. The van der Waals surface area contributed by atoms with E-state index in [1.165, 1.54) is 19.2 Å². The summed E-state index contributed by atoms with van der Waals surface area (Å²) in [6, 6.07) is 5.45. The van der Waals surface area contributed by atoms with Crippen molar-refractivity contribution in [3.63, 3.8) is 0 Å². The first-order valence-electron chi connectivity index (χ1n) is 15.2. The lowest BCUT2D eigenvalue weighted by Crippen LogP contribution is -2.70. The van der Waals surface area contributed by atoms with Gasteiger partial charge in [-0.05, 0) is 79.6 Å². The Morgan fingerprint density at radius 1 is 1.22 bits per heavy atom. The molecule has 9 nitrogen and oxygen atoms in total. The number of carbonyl (C=O) groups excluding carboxylic acids is 2. The molecule has 4 aliphatic carbocycles. The lowest BCUT2D eigenvalue weighted by Gasteiger charge is -2.63. The van der Waals surface area contributed by atoms with Crippen molar-refractivity contribution in [2.45, 2.75) is 70.2 Å². The Hall–Kier alpha value is -3.09. The summed E-state index contributed by atoms with van der Waals surface area (Å²) in [5.41, 5.74) is -3.02. The quantitative estimate of drug-likeness (QED) is 0.392. The Labute approximate surface area is 264 Å². The van der Waals surface area contributed by atoms with Crippen molar-refractivity contribution >= 4 is 34.9 Å². The highest BCUT2D eigenvalue weighted by molar-refractivity contribution is 8.13. The standard InChI is InChI=1S/C33H38F2N2O7S/c1-18-10-24-23-9-8-21-12-25-20(15-36-37(25)22-7-5-6-19(11-22)28(40)41)13-30(21,2)32(23,35)26(38)14-31(24,3)33(18,29(42)45-17-34)44-27(39)16-43-4/h5-7,11-12,15,18,23-24,26,38H,8-10,13-14,16-17H2,1-4H3,(H,40,41)/t18-,23+,24+,26+,30+,31+,32+,33+/m1/s1. The van der Waals surface area contributed by atoms with E-state index in [-0.39, 0.29) is 18.4 Å². The molecule has 0 unspecified atom stereocenters. The number of aliphatic hydroxyl groups excluding tert-OH is 1. The number of thioether (sulfide) groups is 1. The van der Waals surface area contributed by atoms with Crippen LogP contribution in [0.4, 0.5) is 8.78 Å². The topological polar surface area (TPSA) is 128 Å². The van der Waals surface area contributed by atoms with Gasteiger partial charge in [0.25, 0.3) is 0 Å². The molecule has 12 heteroatoms. The molecule has 1 aromatic carbocycles. The number of aliphatic hydroxyl groups is 1. The highest BCUT2D eigenvalue weighted by Crippen LogP contribution is 2.72. The predicted octanol–water partition coefficient (Wildman–Crippen LogP) is 5.18. The Kier molecular flexibility index (Phi) is 7.80. The van der Waals surface area contributed by atoms with E-state index in [0.29, 0.717) is 36.7 Å². The molecule has 0 amide bonds. The fraction of sp³-hybridized carbons (Fsp3) is 0.576. The fourth-order valence-electron chi connectivity index (χ4n) is 9.53. The molecule has 2 N–H and O–H groups in total. The Morgan fingerprint density at radius 3 is 2.67 bits per heavy atom. The summed E-state index contributed by atoms with van der Waals surface area (Å²) in [6.45, 7) is 5.01. The first-order valence-corrected chi connectivity index (χ1v) is 16.2. The van der Waals surface area contributed by atoms with Gasteiger partial charge in [0.1, 0.15) is 18.3 Å². The number of benzene rings is 1. The van der Waals surface area contributed by atoms with E-state index in [0.717, 1.165) is 16.8 Å². The number of aromatic nitrogens is 2. The molecule has 1 aromatic heterocycles. The molecular weight excluding hydrogens is 606 g/mol. The zero-order valence-corrected chi connectivity index (χ0v) is 26.5. The SMILES string of the molecule is COCC(=O)O[C@]1(C(=O)SCF)[C@H](C)C[C@H]2[C@@H]3CCC4=Cc5c(cnn5-c5cccc(C(=O)O)c5)C[C@]4(C)[C@@]3(F)[C@@H](O)C[C@@]21C. The van der Waals surface area contributed by atoms with Crippen molar-refractivity contribution in [1.82, 2.24) is 9.78 Å². The van der Waals surface area contributed by atoms with Crippen LogP contribution in [0.1, 0.15) is 68.1 Å². The van der Waals surface area contributed by atoms with Gasteiger partial charge in [0.15, 0.2) is 5.60 Å². The molecular formula is C33H38F2N2O7S. The number of carbonyl (C=O) groups is 3. The molecule has 0 spiro atoms. The van der Waals surface area contributed by atoms with Gasteiger partial charge in [-0.25, -0.2) is 23.1 Å². The second-order valence-corrected chi connectivity index (χ2v) is 14.4. The van der Waals surface area contributed by atoms with Crippen LogP contribution < -0.4 is 0 Å². The summed E-state index contributed by atoms with van der Waals surface area (Å²) in [7, 11) is 1.33. The molecule has 6 rings (SSSR count). The smallest absolute Gasteiger partial charge is 0.335 e. The van der Waals surface area contributed by atoms with Crippen LogP contribution >= 0.6 is 11.8 Å². The van der Waals surface area contributed by atoms with Crippen LogP contribution in [0.15, 0.2) is 36.0 Å². The van der Waals surface area contributed by atoms with Crippen LogP contribution in [-0.2, 0) is 25.5 Å². The van der Waals surface area contributed by atoms with Crippen LogP contribution in [0.2, 0.25) is 0 Å². The predicted molar refractivity (Wildman–Crippen MR) is 162 cm³/mol. The third kappa shape index (κ3) is 4.31. The van der Waals surface area contributed by atoms with E-state index in [4.69, 9.17) is 9.47 Å². The number of alkyl halides is 2. The number of methoxy groups -OCH3 is 1. The molecule has 0 saturated heterocycles. The number of halogens is 2. The minimum absolute atomic E-state index is 0.125. The maximum atomic E-state index is 18.2. The number of ether oxygens (including phenoxy) is 2. The van der Waals surface area contributed by atoms with Crippen molar-refractivity contribution in [3.8, 4) is 5.69 Å². The molecule has 0 radical (unpaired) electrons. The van der Waals surface area contributed by atoms with Gasteiger partial charge in [-0.2, -0.15) is 5.10 Å². The minimum atomic E-state index is -2.08. The number of nitrogens with zero attached hydrogens (tertiary/aromatic N) is 2. The summed E-state index contributed by atoms with van der Waals surface area (Å²) in [4.78, 5) is 38.1. The number of aromatic carboxylic acids is 1. The number of esters is 1. The van der Waals surface area contributed by atoms with Crippen molar-refractivity contribution in [3.05, 3.63) is 52.9 Å². The fourth-order valence-corrected chi connectivity index (χ4v) is 10.3. The van der Waals surface area contributed by atoms with Crippen LogP contribution in [0.25, 0.3) is 11.8 Å². The number of rotatable bonds is 7. The number of allylic oxidation sites excluding steroid dienone is 1. The average molecular weight is 645 g/mol. The minimum Gasteiger partial charge on any atom is -0.478 e. The van der Waals surface area contributed by atoms with E-state index in [1.807, 2.05) is 13.0 Å². The molecule has 8 atom stereocenters. The lowest BCUT2D eigenvalue weighted by molar-refractivity contribution is -0.231. The summed E-state index contributed by atoms with van der Waals surface area (Å²) in [5, 5.41) is 25.3. The van der Waals surface area contributed by atoms with Gasteiger partial charge in [0.2, 0.25) is 5.12 Å². The van der Waals surface area contributed by atoms with Gasteiger partial charge < -0.3 is 19.7 Å². The highest BCUT2D eigenvalue weighted by atomic mass is 32.2. The summed E-state index contributed by atoms with van der Waals surface area (Å²) in [6.07, 6.45) is 3.50. The maximum Gasteiger partial charge on any atom is 0.335 e. The van der Waals surface area contributed by atoms with Crippen molar-refractivity contribution in [2.75, 3.05) is 19.7 Å². The number of fused-ring (bicyclic) bond motifs is 6. The van der Waals surface area contributed by atoms with Gasteiger partial charge in [-0.3, -0.25) is 4.79 Å². The first kappa shape index (κ1) is 31.9. The molecule has 4 aliphatic rings. The van der Waals surface area contributed by atoms with Crippen molar-refractivity contribution < 1.29 is 42.9 Å². The lowest BCUT2D eigenvalue weighted by atomic mass is 9.44. The van der Waals surface area contributed by atoms with Crippen molar-refractivity contribution in [1.29, 1.82) is 0 Å². The summed E-state index contributed by atoms with van der Waals surface area (Å²) < 4.78 is 44.3. The molecule has 1 heterocycles. The van der Waals surface area contributed by atoms with E-state index in [9.17, 15) is 29.0 Å². The van der Waals surface area contributed by atoms with E-state index < -0.39 is 75.6 Å². The number of carboxylic acid groups (broad SMARTS) is 1. The third-order valence-electron chi connectivity index (χ3n) is 11.5. The third-order valence-corrected chi connectivity index (χ3v) is 12.2. The monoisotopic (exact) mass is 644 g/mol. The number of hydrogen-bond acceptors (Lipinski definition) is 8. The Bertz CT molecular complexity index is 1600. The second-order valence-electron chi connectivity index (χ2n) is 13.5. The van der Waals surface area contributed by atoms with Gasteiger partial charge in [0, 0.05) is 29.8 Å². The molecule has 0 aliphatic heterocycles. The van der Waals surface area contributed by atoms with Gasteiger partial charge in [-0.15, -0.1) is 0 Å². The highest BCUT2D eigenvalue weighted by Gasteiger charge is 2.77. The van der Waals surface area contributed by atoms with Crippen LogP contribution in [-0.4, -0.2) is 74.1 Å². The molecule has 0 bridgehead atoms. The van der Waals surface area contributed by atoms with Crippen LogP contribution in [0, 0.1) is 28.6 Å². The zero-order chi connectivity index (χ0) is 32.5. The summed E-state index contributed by atoms with van der Waals surface area (Å²) in [5.74, 6) is -3.45. The van der Waals surface area contributed by atoms with E-state index >= 15 is 4.39 Å². The Morgan fingerprint density at radius 2 is 1.98 bits per heavy atom. The largest absolute Gasteiger partial charge is 0.478 e. The van der Waals surface area contributed by atoms with Gasteiger partial charge in [-0.1, -0.05) is 32.4 Å². The zero-order valence-electron chi connectivity index (χ0n) is 25.7. The van der Waals surface area contributed by atoms with Gasteiger partial charge in [0.05, 0.1) is 29.2 Å². The van der Waals surface area contributed by atoms with E-state index in [2.05, 4.69) is 5.10 Å². The van der Waals surface area contributed by atoms with Crippen LogP contribution in [0.5, 0.6) is 0 Å². The molecule has 242 valence electrons. The normalized spacial score (nSPS) is 36.6. The number of hydrogen-bond donors (Lipinski definition) is 2. The van der Waals surface area contributed by atoms with Gasteiger partial charge >= 0.3 is 11.9 Å². The average Bonchev–Trinajstić information content (AvgIpc) is 3.48. The molecule has 3 fully saturated rings. The maximum absolute atomic E-state index is 18.2. The summed E-state index contributed by atoms with van der Waals surface area (Å²) >= 11 is 0.438. The van der Waals surface area contributed by atoms with E-state index in [1.54, 1.807) is 36.9 Å². The van der Waals surface area contributed by atoms with Crippen LogP contribution in [0.3, 0.4) is 0 Å². The number of carboxylic acids is 1. The van der Waals surface area contributed by atoms with Crippen molar-refractivity contribution in [2.24, 2.45) is 28.6 Å².